The zero-order valence-electron chi connectivity index (χ0n) is 13.9. The standard InChI is InChI=1S/C16H10F3N3O6/c1-7-9(2-3-14(21(7)25)16(17,18)19)13-6-10(20-28-13)8-4-11(22(26)27)15(24)12(23)5-8/h2-6,23-24H,1H3. The summed E-state index contributed by atoms with van der Waals surface area (Å²) in [4.78, 5) is 10.0. The van der Waals surface area contributed by atoms with E-state index in [1.807, 2.05) is 0 Å². The number of rotatable bonds is 3. The molecule has 0 saturated heterocycles. The predicted octanol–water partition coefficient (Wildman–Crippen LogP) is 3.29. The number of benzene rings is 1. The molecule has 12 heteroatoms. The number of nitro groups is 1. The van der Waals surface area contributed by atoms with E-state index in [0.717, 1.165) is 25.1 Å². The van der Waals surface area contributed by atoms with Crippen LogP contribution in [0, 0.1) is 22.2 Å². The molecule has 2 aromatic heterocycles. The van der Waals surface area contributed by atoms with Crippen molar-refractivity contribution in [2.24, 2.45) is 0 Å². The molecule has 0 aliphatic carbocycles. The number of alkyl halides is 3. The third kappa shape index (κ3) is 3.15. The van der Waals surface area contributed by atoms with Crippen LogP contribution in [0.2, 0.25) is 0 Å². The molecule has 0 radical (unpaired) electrons. The molecule has 0 spiro atoms. The first-order chi connectivity index (χ1) is 13.0. The lowest BCUT2D eigenvalue weighted by Crippen LogP contribution is -2.39. The summed E-state index contributed by atoms with van der Waals surface area (Å²) in [6, 6.07) is 4.79. The highest BCUT2D eigenvalue weighted by Crippen LogP contribution is 2.40. The number of phenolic OH excluding ortho intramolecular Hbond substituents is 2. The predicted molar refractivity (Wildman–Crippen MR) is 86.1 cm³/mol. The molecule has 0 fully saturated rings. The lowest BCUT2D eigenvalue weighted by Gasteiger charge is -2.11. The van der Waals surface area contributed by atoms with Gasteiger partial charge in [0.2, 0.25) is 11.4 Å². The fraction of sp³-hybridized carbons (Fsp3) is 0.125. The summed E-state index contributed by atoms with van der Waals surface area (Å²) in [7, 11) is 0. The highest BCUT2D eigenvalue weighted by Gasteiger charge is 2.40. The third-order valence-electron chi connectivity index (χ3n) is 3.95. The average molecular weight is 397 g/mol. The van der Waals surface area contributed by atoms with E-state index in [1.165, 1.54) is 6.07 Å². The van der Waals surface area contributed by atoms with Gasteiger partial charge in [-0.15, -0.1) is 0 Å². The van der Waals surface area contributed by atoms with Crippen molar-refractivity contribution in [3.05, 3.63) is 57.0 Å². The van der Waals surface area contributed by atoms with Gasteiger partial charge in [-0.1, -0.05) is 5.16 Å². The van der Waals surface area contributed by atoms with Gasteiger partial charge in [0.1, 0.15) is 5.69 Å². The molecule has 3 aromatic rings. The minimum absolute atomic E-state index is 0.00912. The summed E-state index contributed by atoms with van der Waals surface area (Å²) >= 11 is 0. The van der Waals surface area contributed by atoms with E-state index in [0.29, 0.717) is 6.07 Å². The molecule has 1 aromatic carbocycles. The zero-order chi connectivity index (χ0) is 20.8. The largest absolute Gasteiger partial charge is 0.618 e. The van der Waals surface area contributed by atoms with Crippen LogP contribution < -0.4 is 4.73 Å². The second-order valence-electron chi connectivity index (χ2n) is 5.71. The number of aromatic hydroxyl groups is 2. The van der Waals surface area contributed by atoms with E-state index in [2.05, 4.69) is 5.16 Å². The molecule has 0 aliphatic rings. The lowest BCUT2D eigenvalue weighted by atomic mass is 10.1. The van der Waals surface area contributed by atoms with Gasteiger partial charge in [0, 0.05) is 30.7 Å². The Morgan fingerprint density at radius 1 is 1.21 bits per heavy atom. The monoisotopic (exact) mass is 397 g/mol. The summed E-state index contributed by atoms with van der Waals surface area (Å²) in [5, 5.41) is 45.6. The first-order valence-corrected chi connectivity index (χ1v) is 7.49. The maximum absolute atomic E-state index is 12.8. The van der Waals surface area contributed by atoms with E-state index in [-0.39, 0.29) is 33.0 Å². The van der Waals surface area contributed by atoms with Gasteiger partial charge in [0.25, 0.3) is 5.69 Å². The summed E-state index contributed by atoms with van der Waals surface area (Å²) in [6.45, 7) is 1.16. The molecule has 0 unspecified atom stereocenters. The van der Waals surface area contributed by atoms with Crippen LogP contribution in [0.3, 0.4) is 0 Å². The summed E-state index contributed by atoms with van der Waals surface area (Å²) in [6.07, 6.45) is -4.83. The maximum Gasteiger partial charge on any atom is 0.478 e. The van der Waals surface area contributed by atoms with Crippen molar-refractivity contribution < 1.29 is 37.6 Å². The number of nitrogens with zero attached hydrogens (tertiary/aromatic N) is 3. The van der Waals surface area contributed by atoms with E-state index in [4.69, 9.17) is 4.52 Å². The smallest absolute Gasteiger partial charge is 0.478 e. The van der Waals surface area contributed by atoms with Crippen LogP contribution in [0.15, 0.2) is 34.9 Å². The van der Waals surface area contributed by atoms with Crippen molar-refractivity contribution in [3.63, 3.8) is 0 Å². The van der Waals surface area contributed by atoms with Gasteiger partial charge in [0.05, 0.1) is 10.5 Å². The molecule has 0 atom stereocenters. The van der Waals surface area contributed by atoms with Crippen LogP contribution in [0.1, 0.15) is 11.4 Å². The Balaban J connectivity index is 2.07. The minimum Gasteiger partial charge on any atom is -0.618 e. The van der Waals surface area contributed by atoms with Gasteiger partial charge in [-0.2, -0.15) is 17.9 Å². The van der Waals surface area contributed by atoms with Crippen molar-refractivity contribution in [3.8, 4) is 34.1 Å². The highest BCUT2D eigenvalue weighted by molar-refractivity contribution is 5.73. The Bertz CT molecular complexity index is 1090. The molecule has 0 amide bonds. The van der Waals surface area contributed by atoms with Gasteiger partial charge in [0.15, 0.2) is 11.5 Å². The Labute approximate surface area is 153 Å². The number of halogens is 3. The molecule has 2 heterocycles. The second kappa shape index (κ2) is 6.40. The van der Waals surface area contributed by atoms with Crippen LogP contribution in [-0.2, 0) is 6.18 Å². The van der Waals surface area contributed by atoms with Crippen LogP contribution in [-0.4, -0.2) is 20.3 Å². The Morgan fingerprint density at radius 3 is 2.50 bits per heavy atom. The minimum atomic E-state index is -4.83. The molecule has 146 valence electrons. The molecule has 2 N–H and O–H groups in total. The van der Waals surface area contributed by atoms with Crippen molar-refractivity contribution in [2.75, 3.05) is 0 Å². The Kier molecular flexibility index (Phi) is 4.33. The number of hydrogen-bond acceptors (Lipinski definition) is 7. The first-order valence-electron chi connectivity index (χ1n) is 7.49. The van der Waals surface area contributed by atoms with Gasteiger partial charge in [-0.05, 0) is 12.1 Å². The molecular weight excluding hydrogens is 387 g/mol. The van der Waals surface area contributed by atoms with Gasteiger partial charge < -0.3 is 19.9 Å². The molecule has 9 nitrogen and oxygen atoms in total. The Morgan fingerprint density at radius 2 is 1.89 bits per heavy atom. The highest BCUT2D eigenvalue weighted by atomic mass is 19.4. The first kappa shape index (κ1) is 18.9. The van der Waals surface area contributed by atoms with E-state index >= 15 is 0 Å². The normalized spacial score (nSPS) is 11.6. The fourth-order valence-electron chi connectivity index (χ4n) is 2.54. The maximum atomic E-state index is 12.8. The molecule has 0 aliphatic heterocycles. The SMILES string of the molecule is Cc1c(-c2cc(-c3cc(O)c(O)c([N+](=O)[O-])c3)no2)ccc(C(F)(F)F)[n+]1[O-]. The molecular formula is C16H10F3N3O6. The lowest BCUT2D eigenvalue weighted by molar-refractivity contribution is -0.635. The van der Waals surface area contributed by atoms with Crippen molar-refractivity contribution in [1.82, 2.24) is 5.16 Å². The summed E-state index contributed by atoms with van der Waals surface area (Å²) < 4.78 is 43.2. The Hall–Kier alpha value is -3.83. The number of pyridine rings is 1. The molecule has 28 heavy (non-hydrogen) atoms. The molecule has 0 saturated carbocycles. The van der Waals surface area contributed by atoms with Crippen LogP contribution in [0.5, 0.6) is 11.5 Å². The zero-order valence-corrected chi connectivity index (χ0v) is 13.9. The molecule has 0 bridgehead atoms. The number of nitro benzene ring substituents is 1. The average Bonchev–Trinajstić information content (AvgIpc) is 3.07. The van der Waals surface area contributed by atoms with Crippen molar-refractivity contribution in [1.29, 1.82) is 0 Å². The van der Waals surface area contributed by atoms with Crippen molar-refractivity contribution in [2.45, 2.75) is 13.1 Å². The number of aromatic nitrogens is 2. The van der Waals surface area contributed by atoms with Gasteiger partial charge in [-0.3, -0.25) is 10.1 Å². The second-order valence-corrected chi connectivity index (χ2v) is 5.71. The van der Waals surface area contributed by atoms with E-state index < -0.39 is 34.0 Å². The number of phenols is 2. The topological polar surface area (TPSA) is 137 Å². The quantitative estimate of drug-likeness (QED) is 0.227. The van der Waals surface area contributed by atoms with Crippen LogP contribution in [0.4, 0.5) is 18.9 Å². The van der Waals surface area contributed by atoms with Crippen molar-refractivity contribution >= 4 is 5.69 Å². The van der Waals surface area contributed by atoms with E-state index in [9.17, 15) is 38.7 Å². The van der Waals surface area contributed by atoms with Gasteiger partial charge in [-0.25, -0.2) is 0 Å². The molecule has 3 rings (SSSR count). The van der Waals surface area contributed by atoms with E-state index in [1.54, 1.807) is 0 Å². The summed E-state index contributed by atoms with van der Waals surface area (Å²) in [5.74, 6) is -1.76. The third-order valence-corrected chi connectivity index (χ3v) is 3.95. The fourth-order valence-corrected chi connectivity index (χ4v) is 2.54. The summed E-state index contributed by atoms with van der Waals surface area (Å²) in [5.41, 5.74) is -2.44. The van der Waals surface area contributed by atoms with Gasteiger partial charge >= 0.3 is 11.9 Å². The van der Waals surface area contributed by atoms with Crippen LogP contribution in [0.25, 0.3) is 22.6 Å². The number of hydrogen-bond donors (Lipinski definition) is 2. The van der Waals surface area contributed by atoms with Crippen LogP contribution >= 0.6 is 0 Å².